The molecule has 1 aliphatic rings. The van der Waals surface area contributed by atoms with Crippen LogP contribution in [0.3, 0.4) is 0 Å². The van der Waals surface area contributed by atoms with E-state index in [2.05, 4.69) is 24.4 Å². The number of piperidine rings is 1. The van der Waals surface area contributed by atoms with Crippen LogP contribution in [0.4, 0.5) is 0 Å². The lowest BCUT2D eigenvalue weighted by Crippen LogP contribution is -2.39. The number of hydrogen-bond donors (Lipinski definition) is 0. The minimum atomic E-state index is -0.0674. The summed E-state index contributed by atoms with van der Waals surface area (Å²) in [5.74, 6) is 0.0687. The average Bonchev–Trinajstić information content (AvgIpc) is 2.73. The summed E-state index contributed by atoms with van der Waals surface area (Å²) < 4.78 is 0. The van der Waals surface area contributed by atoms with Crippen molar-refractivity contribution in [3.05, 3.63) is 21.9 Å². The van der Waals surface area contributed by atoms with Crippen LogP contribution in [0.5, 0.6) is 0 Å². The van der Waals surface area contributed by atoms with Gasteiger partial charge in [-0.25, -0.2) is 0 Å². The van der Waals surface area contributed by atoms with E-state index in [4.69, 9.17) is 5.26 Å². The lowest BCUT2D eigenvalue weighted by atomic mass is 9.98. The molecule has 1 atom stereocenters. The van der Waals surface area contributed by atoms with Gasteiger partial charge < -0.3 is 4.90 Å². The molecule has 1 unspecified atom stereocenters. The van der Waals surface area contributed by atoms with Gasteiger partial charge in [0.1, 0.15) is 0 Å². The highest BCUT2D eigenvalue weighted by molar-refractivity contribution is 7.10. The Hall–Kier alpha value is -1.34. The maximum atomic E-state index is 11.8. The second kappa shape index (κ2) is 5.33. The van der Waals surface area contributed by atoms with Crippen molar-refractivity contribution in [2.45, 2.75) is 26.2 Å². The Morgan fingerprint density at radius 1 is 1.65 bits per heavy atom. The van der Waals surface area contributed by atoms with Gasteiger partial charge in [-0.15, -0.1) is 11.3 Å². The predicted octanol–water partition coefficient (Wildman–Crippen LogP) is 2.36. The molecule has 1 aromatic heterocycles. The molecule has 1 fully saturated rings. The third-order valence-electron chi connectivity index (χ3n) is 3.28. The van der Waals surface area contributed by atoms with Gasteiger partial charge in [-0.1, -0.05) is 0 Å². The molecule has 3 nitrogen and oxygen atoms in total. The maximum Gasteiger partial charge on any atom is 0.223 e. The van der Waals surface area contributed by atoms with Crippen molar-refractivity contribution in [3.8, 4) is 6.07 Å². The summed E-state index contributed by atoms with van der Waals surface area (Å²) in [6.07, 6.45) is 2.16. The number of amides is 1. The fraction of sp³-hybridized carbons (Fsp3) is 0.538. The largest absolute Gasteiger partial charge is 0.342 e. The van der Waals surface area contributed by atoms with Crippen molar-refractivity contribution in [1.29, 1.82) is 5.26 Å². The number of nitrogens with zero attached hydrogens (tertiary/aromatic N) is 2. The highest BCUT2D eigenvalue weighted by Crippen LogP contribution is 2.20. The number of nitriles is 1. The van der Waals surface area contributed by atoms with Crippen molar-refractivity contribution >= 4 is 17.2 Å². The van der Waals surface area contributed by atoms with Gasteiger partial charge in [-0.3, -0.25) is 4.79 Å². The molecule has 0 radical (unpaired) electrons. The summed E-state index contributed by atoms with van der Waals surface area (Å²) in [4.78, 5) is 15.0. The Labute approximate surface area is 106 Å². The first-order valence-electron chi connectivity index (χ1n) is 5.91. The van der Waals surface area contributed by atoms with E-state index in [1.807, 2.05) is 4.90 Å². The summed E-state index contributed by atoms with van der Waals surface area (Å²) in [6, 6.07) is 4.30. The molecular weight excluding hydrogens is 232 g/mol. The maximum absolute atomic E-state index is 11.8. The minimum Gasteiger partial charge on any atom is -0.342 e. The van der Waals surface area contributed by atoms with E-state index in [-0.39, 0.29) is 11.8 Å². The number of thiophene rings is 1. The molecule has 1 saturated heterocycles. The molecule has 0 bridgehead atoms. The molecule has 0 aliphatic carbocycles. The third-order valence-corrected chi connectivity index (χ3v) is 4.36. The predicted molar refractivity (Wildman–Crippen MR) is 67.7 cm³/mol. The molecule has 2 heterocycles. The second-order valence-corrected chi connectivity index (χ2v) is 5.48. The van der Waals surface area contributed by atoms with E-state index in [9.17, 15) is 4.79 Å². The molecule has 1 amide bonds. The number of aryl methyl sites for hydroxylation is 1. The first-order chi connectivity index (χ1) is 8.20. The average molecular weight is 248 g/mol. The lowest BCUT2D eigenvalue weighted by molar-refractivity contribution is -0.134. The van der Waals surface area contributed by atoms with Gasteiger partial charge in [0.2, 0.25) is 5.91 Å². The Morgan fingerprint density at radius 2 is 2.47 bits per heavy atom. The molecule has 2 rings (SSSR count). The lowest BCUT2D eigenvalue weighted by Gasteiger charge is -2.28. The summed E-state index contributed by atoms with van der Waals surface area (Å²) in [7, 11) is 0. The van der Waals surface area contributed by atoms with Crippen molar-refractivity contribution in [2.75, 3.05) is 13.1 Å². The van der Waals surface area contributed by atoms with Crippen molar-refractivity contribution < 1.29 is 4.79 Å². The second-order valence-electron chi connectivity index (χ2n) is 4.48. The molecule has 90 valence electrons. The van der Waals surface area contributed by atoms with E-state index in [1.54, 1.807) is 11.3 Å². The standard InChI is InChI=1S/C13H16N2OS/c1-10-4-7-17-12(10)3-6-15-5-2-11(9-14)8-13(15)16/h4,7,11H,2-3,5-6,8H2,1H3. The molecule has 0 N–H and O–H groups in total. The molecule has 0 spiro atoms. The van der Waals surface area contributed by atoms with Crippen LogP contribution in [0.25, 0.3) is 0 Å². The Morgan fingerprint density at radius 3 is 3.06 bits per heavy atom. The summed E-state index contributed by atoms with van der Waals surface area (Å²) >= 11 is 1.75. The number of rotatable bonds is 3. The van der Waals surface area contributed by atoms with Crippen LogP contribution in [-0.2, 0) is 11.2 Å². The number of hydrogen-bond acceptors (Lipinski definition) is 3. The first kappa shape index (κ1) is 12.1. The van der Waals surface area contributed by atoms with Gasteiger partial charge in [-0.2, -0.15) is 5.26 Å². The van der Waals surface area contributed by atoms with Crippen LogP contribution >= 0.6 is 11.3 Å². The number of likely N-dealkylation sites (tertiary alicyclic amines) is 1. The van der Waals surface area contributed by atoms with E-state index >= 15 is 0 Å². The molecule has 1 aromatic rings. The van der Waals surface area contributed by atoms with Gasteiger partial charge in [0.15, 0.2) is 0 Å². The van der Waals surface area contributed by atoms with Crippen LogP contribution < -0.4 is 0 Å². The zero-order valence-corrected chi connectivity index (χ0v) is 10.8. The minimum absolute atomic E-state index is 0.0674. The van der Waals surface area contributed by atoms with Gasteiger partial charge in [0.05, 0.1) is 12.0 Å². The summed E-state index contributed by atoms with van der Waals surface area (Å²) in [5, 5.41) is 10.9. The number of carbonyl (C=O) groups excluding carboxylic acids is 1. The molecular formula is C13H16N2OS. The van der Waals surface area contributed by atoms with Gasteiger partial charge in [0, 0.05) is 24.4 Å². The topological polar surface area (TPSA) is 44.1 Å². The zero-order chi connectivity index (χ0) is 12.3. The molecule has 1 aliphatic heterocycles. The Bertz CT molecular complexity index is 447. The smallest absolute Gasteiger partial charge is 0.223 e. The van der Waals surface area contributed by atoms with Crippen LogP contribution in [0.1, 0.15) is 23.3 Å². The number of carbonyl (C=O) groups is 1. The van der Waals surface area contributed by atoms with Crippen molar-refractivity contribution in [2.24, 2.45) is 5.92 Å². The third kappa shape index (κ3) is 2.86. The highest BCUT2D eigenvalue weighted by atomic mass is 32.1. The van der Waals surface area contributed by atoms with E-state index in [1.165, 1.54) is 10.4 Å². The van der Waals surface area contributed by atoms with Crippen LogP contribution in [-0.4, -0.2) is 23.9 Å². The summed E-state index contributed by atoms with van der Waals surface area (Å²) in [6.45, 7) is 3.63. The van der Waals surface area contributed by atoms with E-state index < -0.39 is 0 Å². The van der Waals surface area contributed by atoms with E-state index in [0.29, 0.717) is 6.42 Å². The van der Waals surface area contributed by atoms with E-state index in [0.717, 1.165) is 25.9 Å². The van der Waals surface area contributed by atoms with Crippen molar-refractivity contribution in [1.82, 2.24) is 4.90 Å². The SMILES string of the molecule is Cc1ccsc1CCN1CCC(C#N)CC1=O. The fourth-order valence-electron chi connectivity index (χ4n) is 2.12. The molecule has 0 saturated carbocycles. The van der Waals surface area contributed by atoms with Crippen LogP contribution in [0.2, 0.25) is 0 Å². The molecule has 17 heavy (non-hydrogen) atoms. The monoisotopic (exact) mass is 248 g/mol. The first-order valence-corrected chi connectivity index (χ1v) is 6.79. The Kier molecular flexibility index (Phi) is 3.80. The Balaban J connectivity index is 1.87. The van der Waals surface area contributed by atoms with Crippen molar-refractivity contribution in [3.63, 3.8) is 0 Å². The fourth-order valence-corrected chi connectivity index (χ4v) is 3.02. The quantitative estimate of drug-likeness (QED) is 0.824. The van der Waals surface area contributed by atoms with Gasteiger partial charge in [0.25, 0.3) is 0 Å². The summed E-state index contributed by atoms with van der Waals surface area (Å²) in [5.41, 5.74) is 1.31. The molecule has 4 heteroatoms. The molecule has 0 aromatic carbocycles. The van der Waals surface area contributed by atoms with Gasteiger partial charge >= 0.3 is 0 Å². The normalized spacial score (nSPS) is 20.4. The van der Waals surface area contributed by atoms with Gasteiger partial charge in [-0.05, 0) is 36.8 Å². The van der Waals surface area contributed by atoms with Crippen LogP contribution in [0, 0.1) is 24.2 Å². The highest BCUT2D eigenvalue weighted by Gasteiger charge is 2.25. The van der Waals surface area contributed by atoms with Crippen LogP contribution in [0.15, 0.2) is 11.4 Å². The zero-order valence-electron chi connectivity index (χ0n) is 9.98.